The van der Waals surface area contributed by atoms with E-state index in [9.17, 15) is 4.79 Å². The fraction of sp³-hybridized carbons (Fsp3) is 0.333. The van der Waals surface area contributed by atoms with Crippen LogP contribution < -0.4 is 10.6 Å². The van der Waals surface area contributed by atoms with Gasteiger partial charge in [0.25, 0.3) is 0 Å². The number of carbonyl (C=O) groups excluding carboxylic acids is 1. The van der Waals surface area contributed by atoms with Gasteiger partial charge in [-0.15, -0.1) is 0 Å². The summed E-state index contributed by atoms with van der Waals surface area (Å²) in [4.78, 5) is 16.3. The third kappa shape index (κ3) is 2.14. The maximum absolute atomic E-state index is 11.9. The molecule has 2 heterocycles. The minimum absolute atomic E-state index is 0.0435. The quantitative estimate of drug-likeness (QED) is 0.823. The molecule has 0 saturated carbocycles. The second-order valence-corrected chi connectivity index (χ2v) is 5.31. The molecule has 1 atom stereocenters. The lowest BCUT2D eigenvalue weighted by atomic mass is 10.0. The predicted molar refractivity (Wildman–Crippen MR) is 77.2 cm³/mol. The first-order valence-electron chi connectivity index (χ1n) is 6.59. The van der Waals surface area contributed by atoms with E-state index in [2.05, 4.69) is 29.5 Å². The topological polar surface area (TPSA) is 54.0 Å². The first kappa shape index (κ1) is 12.0. The van der Waals surface area contributed by atoms with Crippen molar-refractivity contribution in [1.82, 2.24) is 4.98 Å². The smallest absolute Gasteiger partial charge is 0.226 e. The van der Waals surface area contributed by atoms with Crippen molar-refractivity contribution in [3.63, 3.8) is 0 Å². The lowest BCUT2D eigenvalue weighted by molar-refractivity contribution is -0.116. The van der Waals surface area contributed by atoms with Gasteiger partial charge in [-0.2, -0.15) is 0 Å². The standard InChI is InChI=1S/C15H17N3O/c1-9(2)12-7-14(19)17-13-8-16-11-6-4-3-5-10(11)15(13)18-12/h3-6,8-9,12,18H,7H2,1-2H3,(H,17,19). The highest BCUT2D eigenvalue weighted by molar-refractivity contribution is 6.04. The molecule has 0 bridgehead atoms. The fourth-order valence-electron chi connectivity index (χ4n) is 2.43. The molecule has 0 aliphatic carbocycles. The van der Waals surface area contributed by atoms with Gasteiger partial charge in [-0.3, -0.25) is 9.78 Å². The minimum Gasteiger partial charge on any atom is -0.379 e. The number of fused-ring (bicyclic) bond motifs is 3. The van der Waals surface area contributed by atoms with Crippen LogP contribution in [0.2, 0.25) is 0 Å². The third-order valence-corrected chi connectivity index (χ3v) is 3.59. The molecule has 0 radical (unpaired) electrons. The summed E-state index contributed by atoms with van der Waals surface area (Å²) < 4.78 is 0. The number of hydrogen-bond acceptors (Lipinski definition) is 3. The van der Waals surface area contributed by atoms with Gasteiger partial charge in [0.05, 0.1) is 23.1 Å². The van der Waals surface area contributed by atoms with Crippen molar-refractivity contribution in [2.75, 3.05) is 10.6 Å². The van der Waals surface area contributed by atoms with Gasteiger partial charge in [0.1, 0.15) is 0 Å². The van der Waals surface area contributed by atoms with Crippen LogP contribution in [0.15, 0.2) is 30.5 Å². The number of anilines is 2. The number of nitrogens with one attached hydrogen (secondary N) is 2. The van der Waals surface area contributed by atoms with Crippen molar-refractivity contribution in [2.24, 2.45) is 5.92 Å². The summed E-state index contributed by atoms with van der Waals surface area (Å²) in [5.41, 5.74) is 2.69. The second kappa shape index (κ2) is 4.53. The van der Waals surface area contributed by atoms with Crippen LogP contribution in [-0.4, -0.2) is 16.9 Å². The van der Waals surface area contributed by atoms with Crippen molar-refractivity contribution < 1.29 is 4.79 Å². The molecule has 0 fully saturated rings. The maximum Gasteiger partial charge on any atom is 0.226 e. The summed E-state index contributed by atoms with van der Waals surface area (Å²) in [6.07, 6.45) is 2.21. The van der Waals surface area contributed by atoms with E-state index in [4.69, 9.17) is 0 Å². The van der Waals surface area contributed by atoms with Crippen LogP contribution in [0.5, 0.6) is 0 Å². The molecule has 1 aliphatic heterocycles. The van der Waals surface area contributed by atoms with Gasteiger partial charge in [0.2, 0.25) is 5.91 Å². The van der Waals surface area contributed by atoms with Gasteiger partial charge in [-0.1, -0.05) is 32.0 Å². The van der Waals surface area contributed by atoms with E-state index >= 15 is 0 Å². The van der Waals surface area contributed by atoms with Crippen molar-refractivity contribution in [3.05, 3.63) is 30.5 Å². The highest BCUT2D eigenvalue weighted by Crippen LogP contribution is 2.33. The van der Waals surface area contributed by atoms with E-state index in [1.54, 1.807) is 6.20 Å². The van der Waals surface area contributed by atoms with Crippen LogP contribution >= 0.6 is 0 Å². The minimum atomic E-state index is 0.0435. The first-order valence-corrected chi connectivity index (χ1v) is 6.59. The van der Waals surface area contributed by atoms with Gasteiger partial charge < -0.3 is 10.6 Å². The lowest BCUT2D eigenvalue weighted by Gasteiger charge is -2.21. The van der Waals surface area contributed by atoms with Gasteiger partial charge in [-0.05, 0) is 12.0 Å². The molecule has 2 aromatic rings. The normalized spacial score (nSPS) is 18.7. The van der Waals surface area contributed by atoms with Crippen LogP contribution in [0, 0.1) is 5.92 Å². The van der Waals surface area contributed by atoms with E-state index in [-0.39, 0.29) is 11.9 Å². The van der Waals surface area contributed by atoms with Crippen molar-refractivity contribution in [2.45, 2.75) is 26.3 Å². The van der Waals surface area contributed by atoms with Crippen LogP contribution in [0.1, 0.15) is 20.3 Å². The van der Waals surface area contributed by atoms with E-state index in [1.807, 2.05) is 24.3 Å². The number of aromatic nitrogens is 1. The molecule has 19 heavy (non-hydrogen) atoms. The summed E-state index contributed by atoms with van der Waals surface area (Å²) in [5.74, 6) is 0.436. The number of amides is 1. The zero-order valence-corrected chi connectivity index (χ0v) is 11.1. The summed E-state index contributed by atoms with van der Waals surface area (Å²) in [7, 11) is 0. The molecule has 4 heteroatoms. The molecule has 1 aromatic heterocycles. The summed E-state index contributed by atoms with van der Waals surface area (Å²) in [6.45, 7) is 4.25. The second-order valence-electron chi connectivity index (χ2n) is 5.31. The maximum atomic E-state index is 11.9. The Kier molecular flexibility index (Phi) is 2.85. The molecule has 4 nitrogen and oxygen atoms in total. The zero-order valence-electron chi connectivity index (χ0n) is 11.1. The van der Waals surface area contributed by atoms with Crippen molar-refractivity contribution >= 4 is 28.2 Å². The summed E-state index contributed by atoms with van der Waals surface area (Å²) in [5, 5.41) is 7.49. The Bertz CT molecular complexity index is 636. The number of pyridine rings is 1. The monoisotopic (exact) mass is 255 g/mol. The lowest BCUT2D eigenvalue weighted by Crippen LogP contribution is -2.27. The molecule has 0 saturated heterocycles. The number of carbonyl (C=O) groups is 1. The first-order chi connectivity index (χ1) is 9.15. The zero-order chi connectivity index (χ0) is 13.4. The van der Waals surface area contributed by atoms with Gasteiger partial charge in [0, 0.05) is 17.8 Å². The molecule has 1 amide bonds. The molecular formula is C15H17N3O. The summed E-state index contributed by atoms with van der Waals surface area (Å²) in [6, 6.07) is 8.12. The Morgan fingerprint density at radius 3 is 2.89 bits per heavy atom. The molecule has 1 aliphatic rings. The number of benzene rings is 1. The Labute approximate surface area is 112 Å². The largest absolute Gasteiger partial charge is 0.379 e. The fourth-order valence-corrected chi connectivity index (χ4v) is 2.43. The number of para-hydroxylation sites is 1. The van der Waals surface area contributed by atoms with E-state index in [1.165, 1.54) is 0 Å². The molecule has 3 rings (SSSR count). The molecule has 2 N–H and O–H groups in total. The van der Waals surface area contributed by atoms with E-state index in [0.29, 0.717) is 12.3 Å². The molecular weight excluding hydrogens is 238 g/mol. The molecule has 0 spiro atoms. The van der Waals surface area contributed by atoms with Crippen LogP contribution in [0.4, 0.5) is 11.4 Å². The Hall–Kier alpha value is -2.10. The summed E-state index contributed by atoms with van der Waals surface area (Å²) >= 11 is 0. The average Bonchev–Trinajstić information content (AvgIpc) is 2.57. The Balaban J connectivity index is 2.17. The Morgan fingerprint density at radius 1 is 1.32 bits per heavy atom. The van der Waals surface area contributed by atoms with Crippen molar-refractivity contribution in [3.8, 4) is 0 Å². The van der Waals surface area contributed by atoms with Crippen molar-refractivity contribution in [1.29, 1.82) is 0 Å². The number of nitrogens with zero attached hydrogens (tertiary/aromatic N) is 1. The number of hydrogen-bond donors (Lipinski definition) is 2. The van der Waals surface area contributed by atoms with Gasteiger partial charge >= 0.3 is 0 Å². The van der Waals surface area contributed by atoms with E-state index in [0.717, 1.165) is 22.3 Å². The highest BCUT2D eigenvalue weighted by Gasteiger charge is 2.24. The number of rotatable bonds is 1. The third-order valence-electron chi connectivity index (χ3n) is 3.59. The van der Waals surface area contributed by atoms with E-state index < -0.39 is 0 Å². The van der Waals surface area contributed by atoms with Crippen LogP contribution in [0.3, 0.4) is 0 Å². The SMILES string of the molecule is CC(C)C1CC(=O)Nc2cnc3ccccc3c2N1. The molecule has 1 aromatic carbocycles. The average molecular weight is 255 g/mol. The highest BCUT2D eigenvalue weighted by atomic mass is 16.1. The molecule has 1 unspecified atom stereocenters. The van der Waals surface area contributed by atoms with Gasteiger partial charge in [0.15, 0.2) is 0 Å². The Morgan fingerprint density at radius 2 is 2.11 bits per heavy atom. The molecule has 98 valence electrons. The van der Waals surface area contributed by atoms with Crippen LogP contribution in [-0.2, 0) is 4.79 Å². The predicted octanol–water partition coefficient (Wildman–Crippen LogP) is 3.01. The van der Waals surface area contributed by atoms with Crippen LogP contribution in [0.25, 0.3) is 10.9 Å². The van der Waals surface area contributed by atoms with Gasteiger partial charge in [-0.25, -0.2) is 0 Å².